The molecule has 82 heavy (non-hydrogen) atoms. The molecular formula is C70H82O12. The molecule has 6 aromatic carbocycles. The molecule has 0 aliphatic carbocycles. The Hall–Kier alpha value is -7.86. The molecule has 0 bridgehead atoms. The van der Waals surface area contributed by atoms with Crippen LogP contribution in [0.5, 0.6) is 23.0 Å². The second kappa shape index (κ2) is 35.1. The lowest BCUT2D eigenvalue weighted by Crippen LogP contribution is -2.15. The van der Waals surface area contributed by atoms with Crippen LogP contribution in [0.25, 0.3) is 22.3 Å². The van der Waals surface area contributed by atoms with Gasteiger partial charge in [0.05, 0.1) is 34.5 Å². The molecule has 0 heterocycles. The first kappa shape index (κ1) is 63.3. The van der Waals surface area contributed by atoms with Crippen molar-refractivity contribution in [3.63, 3.8) is 0 Å². The highest BCUT2D eigenvalue weighted by Gasteiger charge is 2.17. The van der Waals surface area contributed by atoms with Gasteiger partial charge in [-0.05, 0) is 172 Å². The lowest BCUT2D eigenvalue weighted by molar-refractivity contribution is -0.135. The smallest absolute Gasteiger partial charge is 0.343 e. The van der Waals surface area contributed by atoms with Crippen LogP contribution in [0.4, 0.5) is 0 Å². The standard InChI is InChI=1S/C70H82O12/c1-5-7-9-19-23-51(3)77-67(73)57-31-27-53(28-32-57)55-35-43-63(44-36-55)81-69(75)59-39-47-61(48-40-59)79-65(71)25-21-17-15-13-11-12-14-16-18-22-26-66(72)80-62-49-41-60(42-50-62)70(76)82-64-45-37-56(38-46-64)54-29-33-58(34-30-54)68(74)78-52(4)24-20-10-8-6-2/h27-52H,5-26H2,1-4H3. The second-order valence-electron chi connectivity index (χ2n) is 21.1. The van der Waals surface area contributed by atoms with E-state index in [0.717, 1.165) is 125 Å². The molecule has 434 valence electrons. The van der Waals surface area contributed by atoms with Crippen LogP contribution in [-0.4, -0.2) is 48.0 Å². The average Bonchev–Trinajstić information content (AvgIpc) is 3.49. The number of hydrogen-bond donors (Lipinski definition) is 0. The van der Waals surface area contributed by atoms with Gasteiger partial charge in [-0.2, -0.15) is 0 Å². The number of unbranched alkanes of at least 4 members (excludes halogenated alkanes) is 15. The molecule has 12 nitrogen and oxygen atoms in total. The number of carbonyl (C=O) groups excluding carboxylic acids is 6. The monoisotopic (exact) mass is 1110 g/mol. The Morgan fingerprint density at radius 3 is 0.854 bits per heavy atom. The van der Waals surface area contributed by atoms with E-state index in [9.17, 15) is 28.8 Å². The third kappa shape index (κ3) is 22.6. The summed E-state index contributed by atoms with van der Waals surface area (Å²) in [6, 6.07) is 41.4. The van der Waals surface area contributed by atoms with E-state index in [0.29, 0.717) is 58.1 Å². The van der Waals surface area contributed by atoms with E-state index >= 15 is 0 Å². The summed E-state index contributed by atoms with van der Waals surface area (Å²) in [5.74, 6) is -0.836. The summed E-state index contributed by atoms with van der Waals surface area (Å²) in [5.41, 5.74) is 5.29. The molecule has 0 saturated heterocycles. The molecule has 0 aromatic heterocycles. The van der Waals surface area contributed by atoms with Crippen LogP contribution in [0.3, 0.4) is 0 Å². The van der Waals surface area contributed by atoms with Crippen LogP contribution < -0.4 is 18.9 Å². The Morgan fingerprint density at radius 1 is 0.293 bits per heavy atom. The van der Waals surface area contributed by atoms with Crippen LogP contribution in [-0.2, 0) is 19.1 Å². The normalized spacial score (nSPS) is 11.7. The maximum absolute atomic E-state index is 12.9. The Kier molecular flexibility index (Phi) is 27.1. The van der Waals surface area contributed by atoms with Crippen LogP contribution in [0.15, 0.2) is 146 Å². The van der Waals surface area contributed by atoms with E-state index in [1.807, 2.05) is 62.4 Å². The van der Waals surface area contributed by atoms with Crippen molar-refractivity contribution in [1.29, 1.82) is 0 Å². The Balaban J connectivity index is 0.755. The quantitative estimate of drug-likeness (QED) is 0.0211. The lowest BCUT2D eigenvalue weighted by Gasteiger charge is -2.13. The van der Waals surface area contributed by atoms with Gasteiger partial charge in [0.1, 0.15) is 23.0 Å². The van der Waals surface area contributed by atoms with E-state index in [4.69, 9.17) is 28.4 Å². The molecule has 6 rings (SSSR count). The van der Waals surface area contributed by atoms with Gasteiger partial charge in [0, 0.05) is 12.8 Å². The first-order valence-electron chi connectivity index (χ1n) is 29.8. The number of rotatable bonds is 35. The molecule has 2 unspecified atom stereocenters. The van der Waals surface area contributed by atoms with Gasteiger partial charge in [-0.3, -0.25) is 9.59 Å². The van der Waals surface area contributed by atoms with Crippen LogP contribution in [0.2, 0.25) is 0 Å². The number of esters is 6. The molecule has 0 saturated carbocycles. The molecule has 0 fully saturated rings. The van der Waals surface area contributed by atoms with Crippen molar-refractivity contribution in [1.82, 2.24) is 0 Å². The predicted octanol–water partition coefficient (Wildman–Crippen LogP) is 17.7. The number of carbonyl (C=O) groups is 6. The number of hydrogen-bond acceptors (Lipinski definition) is 12. The fourth-order valence-corrected chi connectivity index (χ4v) is 9.33. The molecule has 0 radical (unpaired) electrons. The van der Waals surface area contributed by atoms with Crippen molar-refractivity contribution >= 4 is 35.8 Å². The molecule has 0 N–H and O–H groups in total. The van der Waals surface area contributed by atoms with E-state index in [1.54, 1.807) is 97.1 Å². The van der Waals surface area contributed by atoms with E-state index < -0.39 is 11.9 Å². The van der Waals surface area contributed by atoms with Crippen LogP contribution in [0.1, 0.15) is 210 Å². The third-order valence-corrected chi connectivity index (χ3v) is 14.2. The summed E-state index contributed by atoms with van der Waals surface area (Å²) in [7, 11) is 0. The van der Waals surface area contributed by atoms with Gasteiger partial charge < -0.3 is 28.4 Å². The van der Waals surface area contributed by atoms with Gasteiger partial charge in [0.15, 0.2) is 0 Å². The maximum atomic E-state index is 12.9. The van der Waals surface area contributed by atoms with Gasteiger partial charge in [0.2, 0.25) is 0 Å². The van der Waals surface area contributed by atoms with Crippen molar-refractivity contribution in [2.24, 2.45) is 0 Å². The lowest BCUT2D eigenvalue weighted by atomic mass is 10.0. The van der Waals surface area contributed by atoms with E-state index in [-0.39, 0.29) is 36.1 Å². The van der Waals surface area contributed by atoms with Crippen molar-refractivity contribution in [3.05, 3.63) is 168 Å². The zero-order valence-electron chi connectivity index (χ0n) is 48.5. The summed E-state index contributed by atoms with van der Waals surface area (Å²) < 4.78 is 33.4. The topological polar surface area (TPSA) is 158 Å². The molecule has 0 amide bonds. The Morgan fingerprint density at radius 2 is 0.537 bits per heavy atom. The molecule has 12 heteroatoms. The summed E-state index contributed by atoms with van der Waals surface area (Å²) in [5, 5.41) is 0. The minimum Gasteiger partial charge on any atom is -0.459 e. The largest absolute Gasteiger partial charge is 0.459 e. The van der Waals surface area contributed by atoms with E-state index in [2.05, 4.69) is 13.8 Å². The first-order chi connectivity index (χ1) is 39.9. The number of benzene rings is 6. The highest BCUT2D eigenvalue weighted by molar-refractivity contribution is 5.93. The number of ether oxygens (including phenoxy) is 6. The Bertz CT molecular complexity index is 2690. The van der Waals surface area contributed by atoms with Gasteiger partial charge in [0.25, 0.3) is 0 Å². The SMILES string of the molecule is CCCCCCC(C)OC(=O)c1ccc(-c2ccc(OC(=O)c3ccc(OC(=O)CCCCCCCCCCCCC(=O)Oc4ccc(C(=O)Oc5ccc(-c6ccc(C(=O)OC(C)CCCCCC)cc6)cc5)cc4)cc3)cc2)cc1. The summed E-state index contributed by atoms with van der Waals surface area (Å²) in [4.78, 5) is 76.1. The van der Waals surface area contributed by atoms with Crippen molar-refractivity contribution in [2.45, 2.75) is 181 Å². The third-order valence-electron chi connectivity index (χ3n) is 14.2. The molecule has 0 aliphatic heterocycles. The van der Waals surface area contributed by atoms with Crippen molar-refractivity contribution < 1.29 is 57.2 Å². The minimum absolute atomic E-state index is 0.126. The van der Waals surface area contributed by atoms with Crippen molar-refractivity contribution in [3.8, 4) is 45.3 Å². The minimum atomic E-state index is -0.532. The van der Waals surface area contributed by atoms with Crippen molar-refractivity contribution in [2.75, 3.05) is 0 Å². The van der Waals surface area contributed by atoms with Crippen LogP contribution >= 0.6 is 0 Å². The molecular weight excluding hydrogens is 1030 g/mol. The summed E-state index contributed by atoms with van der Waals surface area (Å²) >= 11 is 0. The van der Waals surface area contributed by atoms with Gasteiger partial charge >= 0.3 is 35.8 Å². The zero-order valence-corrected chi connectivity index (χ0v) is 48.5. The summed E-state index contributed by atoms with van der Waals surface area (Å²) in [6.07, 6.45) is 21.0. The highest BCUT2D eigenvalue weighted by Crippen LogP contribution is 2.27. The highest BCUT2D eigenvalue weighted by atomic mass is 16.6. The fraction of sp³-hybridized carbons (Fsp3) is 0.400. The molecule has 2 atom stereocenters. The maximum Gasteiger partial charge on any atom is 0.343 e. The van der Waals surface area contributed by atoms with Gasteiger partial charge in [-0.1, -0.05) is 152 Å². The fourth-order valence-electron chi connectivity index (χ4n) is 9.33. The zero-order chi connectivity index (χ0) is 58.3. The van der Waals surface area contributed by atoms with E-state index in [1.165, 1.54) is 25.7 Å². The van der Waals surface area contributed by atoms with Gasteiger partial charge in [-0.25, -0.2) is 19.2 Å². The molecule has 0 aliphatic rings. The molecule has 6 aromatic rings. The molecule has 0 spiro atoms. The van der Waals surface area contributed by atoms with Gasteiger partial charge in [-0.15, -0.1) is 0 Å². The summed E-state index contributed by atoms with van der Waals surface area (Å²) in [6.45, 7) is 8.22. The average molecular weight is 1120 g/mol. The predicted molar refractivity (Wildman–Crippen MR) is 321 cm³/mol. The van der Waals surface area contributed by atoms with Crippen LogP contribution in [0, 0.1) is 0 Å². The second-order valence-corrected chi connectivity index (χ2v) is 21.1. The Labute approximate surface area is 485 Å². The first-order valence-corrected chi connectivity index (χ1v) is 29.8.